The third-order valence-corrected chi connectivity index (χ3v) is 8.77. The molecule has 0 saturated carbocycles. The molecule has 222 valence electrons. The largest absolute Gasteiger partial charge is 0.491 e. The maximum atomic E-state index is 13.5. The van der Waals surface area contributed by atoms with Gasteiger partial charge < -0.3 is 20.3 Å². The number of nitrogen functional groups attached to an aromatic ring is 1. The van der Waals surface area contributed by atoms with Crippen LogP contribution in [0.3, 0.4) is 0 Å². The first-order valence-electron chi connectivity index (χ1n) is 14.0. The number of anilines is 1. The Labute approximate surface area is 239 Å². The lowest BCUT2D eigenvalue weighted by Crippen LogP contribution is -2.58. The second kappa shape index (κ2) is 12.4. The van der Waals surface area contributed by atoms with Gasteiger partial charge in [-0.3, -0.25) is 4.90 Å². The van der Waals surface area contributed by atoms with E-state index in [-0.39, 0.29) is 23.5 Å². The molecule has 0 unspecified atom stereocenters. The average Bonchev–Trinajstić information content (AvgIpc) is 2.83. The van der Waals surface area contributed by atoms with Gasteiger partial charge in [0.1, 0.15) is 11.4 Å². The van der Waals surface area contributed by atoms with Crippen LogP contribution in [0.5, 0.6) is 5.75 Å². The lowest BCUT2D eigenvalue weighted by molar-refractivity contribution is -0.0172. The van der Waals surface area contributed by atoms with Gasteiger partial charge in [0.05, 0.1) is 35.9 Å². The van der Waals surface area contributed by atoms with Gasteiger partial charge in [-0.15, -0.1) is 0 Å². The van der Waals surface area contributed by atoms with Crippen LogP contribution in [0.15, 0.2) is 42.5 Å². The van der Waals surface area contributed by atoms with Crippen LogP contribution in [0.1, 0.15) is 71.6 Å². The summed E-state index contributed by atoms with van der Waals surface area (Å²) in [4.78, 5) is 14.9. The summed E-state index contributed by atoms with van der Waals surface area (Å²) < 4.78 is 37.8. The third kappa shape index (κ3) is 8.61. The Kier molecular flexibility index (Phi) is 9.83. The van der Waals surface area contributed by atoms with Crippen LogP contribution < -0.4 is 10.5 Å². The Morgan fingerprint density at radius 2 is 1.75 bits per heavy atom. The van der Waals surface area contributed by atoms with Gasteiger partial charge >= 0.3 is 6.09 Å². The Morgan fingerprint density at radius 3 is 2.38 bits per heavy atom. The summed E-state index contributed by atoms with van der Waals surface area (Å²) in [6, 6.07) is 12.3. The zero-order valence-electron chi connectivity index (χ0n) is 24.9. The zero-order valence-corrected chi connectivity index (χ0v) is 25.8. The summed E-state index contributed by atoms with van der Waals surface area (Å²) in [7, 11) is -3.58. The van der Waals surface area contributed by atoms with Crippen molar-refractivity contribution in [2.45, 2.75) is 91.0 Å². The number of sulfone groups is 1. The molecule has 1 saturated heterocycles. The molecule has 2 aromatic rings. The quantitative estimate of drug-likeness (QED) is 0.421. The van der Waals surface area contributed by atoms with Gasteiger partial charge in [0.2, 0.25) is 0 Å². The molecule has 1 amide bonds. The minimum Gasteiger partial charge on any atom is -0.491 e. The number of nitrogens with zero attached hydrogens (tertiary/aromatic N) is 1. The van der Waals surface area contributed by atoms with Crippen LogP contribution >= 0.6 is 0 Å². The minimum absolute atomic E-state index is 0.107. The number of hydrogen-bond donors (Lipinski definition) is 2. The monoisotopic (exact) mass is 574 g/mol. The molecule has 3 N–H and O–H groups in total. The SMILES string of the molecule is CCCOc1cc(C[C@@H]2CS(=O)(=O)C[C@H](N(Cc3cccc(C(C)(C)C)c3)C(=O)OC(C)(C)C)[C@H]2O)ccc1N. The number of rotatable bonds is 8. The number of nitrogens with two attached hydrogens (primary N) is 1. The van der Waals surface area contributed by atoms with Crippen molar-refractivity contribution in [1.82, 2.24) is 4.90 Å². The first kappa shape index (κ1) is 31.7. The van der Waals surface area contributed by atoms with E-state index in [0.717, 1.165) is 23.1 Å². The minimum atomic E-state index is -3.58. The van der Waals surface area contributed by atoms with Crippen LogP contribution in [0, 0.1) is 5.92 Å². The molecule has 0 aromatic heterocycles. The Balaban J connectivity index is 1.96. The number of amides is 1. The van der Waals surface area contributed by atoms with Crippen LogP contribution in [0.4, 0.5) is 10.5 Å². The van der Waals surface area contributed by atoms with Crippen LogP contribution in [0.25, 0.3) is 0 Å². The Morgan fingerprint density at radius 1 is 1.05 bits per heavy atom. The molecule has 3 rings (SSSR count). The molecule has 1 aliphatic heterocycles. The molecule has 1 aliphatic rings. The highest BCUT2D eigenvalue weighted by Crippen LogP contribution is 2.32. The molecular formula is C31H46N2O6S. The molecule has 8 nitrogen and oxygen atoms in total. The van der Waals surface area contributed by atoms with E-state index in [1.54, 1.807) is 32.9 Å². The molecule has 1 heterocycles. The lowest BCUT2D eigenvalue weighted by atomic mass is 9.86. The van der Waals surface area contributed by atoms with Gasteiger partial charge in [-0.25, -0.2) is 13.2 Å². The first-order valence-corrected chi connectivity index (χ1v) is 15.8. The fourth-order valence-electron chi connectivity index (χ4n) is 4.94. The summed E-state index contributed by atoms with van der Waals surface area (Å²) in [5, 5.41) is 11.6. The van der Waals surface area contributed by atoms with Crippen LogP contribution in [-0.4, -0.2) is 60.4 Å². The molecule has 0 spiro atoms. The van der Waals surface area contributed by atoms with E-state index < -0.39 is 39.6 Å². The average molecular weight is 575 g/mol. The van der Waals surface area contributed by atoms with Crippen molar-refractivity contribution in [3.05, 3.63) is 59.2 Å². The second-order valence-corrected chi connectivity index (χ2v) is 15.0. The van der Waals surface area contributed by atoms with Crippen molar-refractivity contribution in [1.29, 1.82) is 0 Å². The lowest BCUT2D eigenvalue weighted by Gasteiger charge is -2.41. The number of benzene rings is 2. The molecule has 1 fully saturated rings. The van der Waals surface area contributed by atoms with Gasteiger partial charge in [0, 0.05) is 12.5 Å². The second-order valence-electron chi connectivity index (χ2n) is 12.9. The Bertz CT molecular complexity index is 1280. The summed E-state index contributed by atoms with van der Waals surface area (Å²) in [6.07, 6.45) is -0.624. The van der Waals surface area contributed by atoms with Gasteiger partial charge in [-0.2, -0.15) is 0 Å². The summed E-state index contributed by atoms with van der Waals surface area (Å²) in [6.45, 7) is 14.2. The van der Waals surface area contributed by atoms with Crippen molar-refractivity contribution in [2.24, 2.45) is 5.92 Å². The molecule has 9 heteroatoms. The van der Waals surface area contributed by atoms with Crippen molar-refractivity contribution in [3.63, 3.8) is 0 Å². The third-order valence-electron chi connectivity index (χ3n) is 6.98. The van der Waals surface area contributed by atoms with Gasteiger partial charge in [0.15, 0.2) is 9.84 Å². The fraction of sp³-hybridized carbons (Fsp3) is 0.581. The van der Waals surface area contributed by atoms with Crippen LogP contribution in [0.2, 0.25) is 0 Å². The van der Waals surface area contributed by atoms with Crippen molar-refractivity contribution in [2.75, 3.05) is 23.8 Å². The molecule has 0 bridgehead atoms. The van der Waals surface area contributed by atoms with Crippen molar-refractivity contribution in [3.8, 4) is 5.75 Å². The summed E-state index contributed by atoms with van der Waals surface area (Å²) in [5.41, 5.74) is 8.40. The molecule has 40 heavy (non-hydrogen) atoms. The molecule has 0 radical (unpaired) electrons. The number of carbonyl (C=O) groups is 1. The van der Waals surface area contributed by atoms with Crippen LogP contribution in [-0.2, 0) is 33.0 Å². The predicted octanol–water partition coefficient (Wildman–Crippen LogP) is 5.11. The Hall–Kier alpha value is -2.78. The highest BCUT2D eigenvalue weighted by Gasteiger charge is 2.44. The topological polar surface area (TPSA) is 119 Å². The summed E-state index contributed by atoms with van der Waals surface area (Å²) >= 11 is 0. The van der Waals surface area contributed by atoms with Gasteiger partial charge in [0.25, 0.3) is 0 Å². The maximum Gasteiger partial charge on any atom is 0.410 e. The highest BCUT2D eigenvalue weighted by atomic mass is 32.2. The number of hydrogen-bond acceptors (Lipinski definition) is 7. The van der Waals surface area contributed by atoms with E-state index in [9.17, 15) is 18.3 Å². The fourth-order valence-corrected chi connectivity index (χ4v) is 6.94. The van der Waals surface area contributed by atoms with Crippen molar-refractivity contribution < 1.29 is 27.8 Å². The zero-order chi connectivity index (χ0) is 29.9. The maximum absolute atomic E-state index is 13.5. The van der Waals surface area contributed by atoms with Gasteiger partial charge in [-0.05, 0) is 67.9 Å². The molecule has 0 aliphatic carbocycles. The number of carbonyl (C=O) groups excluding carboxylic acids is 1. The normalized spacial score (nSPS) is 21.1. The molecule has 3 atom stereocenters. The van der Waals surface area contributed by atoms with E-state index in [4.69, 9.17) is 15.2 Å². The highest BCUT2D eigenvalue weighted by molar-refractivity contribution is 7.91. The predicted molar refractivity (Wildman–Crippen MR) is 159 cm³/mol. The molecular weight excluding hydrogens is 528 g/mol. The van der Waals surface area contributed by atoms with E-state index in [1.165, 1.54) is 4.90 Å². The van der Waals surface area contributed by atoms with E-state index in [2.05, 4.69) is 20.8 Å². The van der Waals surface area contributed by atoms with Gasteiger partial charge in [-0.1, -0.05) is 58.0 Å². The summed E-state index contributed by atoms with van der Waals surface area (Å²) in [5.74, 6) is -0.604. The molecule has 2 aromatic carbocycles. The van der Waals surface area contributed by atoms with E-state index >= 15 is 0 Å². The standard InChI is InChI=1S/C31H46N2O6S/c1-8-14-38-27-17-21(12-13-25(27)32)15-23-19-40(36,37)20-26(28(23)34)33(29(35)39-31(5,6)7)18-22-10-9-11-24(16-22)30(2,3)4/h9-13,16-17,23,26,28,34H,8,14-15,18-20,32H2,1-7H3/t23-,26+,28+/m1/s1. The first-order chi connectivity index (χ1) is 18.5. The smallest absolute Gasteiger partial charge is 0.410 e. The number of aliphatic hydroxyl groups excluding tert-OH is 1. The number of aliphatic hydroxyl groups is 1. The van der Waals surface area contributed by atoms with Crippen molar-refractivity contribution >= 4 is 21.6 Å². The van der Waals surface area contributed by atoms with E-state index in [1.807, 2.05) is 37.3 Å². The number of ether oxygens (including phenoxy) is 2. The van der Waals surface area contributed by atoms with E-state index in [0.29, 0.717) is 24.5 Å².